The summed E-state index contributed by atoms with van der Waals surface area (Å²) in [6.07, 6.45) is 0. The first kappa shape index (κ1) is 24.8. The van der Waals surface area contributed by atoms with Gasteiger partial charge in [0.05, 0.1) is 28.9 Å². The number of nitrogens with one attached hydrogen (secondary N) is 2. The summed E-state index contributed by atoms with van der Waals surface area (Å²) in [5.41, 5.74) is 0.870. The Morgan fingerprint density at radius 1 is 0.912 bits per heavy atom. The number of nitrogens with zero attached hydrogens (tertiary/aromatic N) is 1. The molecule has 0 unspecified atom stereocenters. The van der Waals surface area contributed by atoms with Crippen molar-refractivity contribution in [3.63, 3.8) is 0 Å². The van der Waals surface area contributed by atoms with Gasteiger partial charge in [-0.25, -0.2) is 8.42 Å². The van der Waals surface area contributed by atoms with E-state index in [0.29, 0.717) is 11.4 Å². The molecule has 0 aliphatic carbocycles. The zero-order valence-corrected chi connectivity index (χ0v) is 20.0. The number of carbonyl (C=O) groups is 2. The van der Waals surface area contributed by atoms with Crippen LogP contribution in [0.3, 0.4) is 0 Å². The average molecular weight is 482 g/mol. The Kier molecular flexibility index (Phi) is 7.91. The Bertz CT molecular complexity index is 1240. The van der Waals surface area contributed by atoms with Gasteiger partial charge in [0.2, 0.25) is 5.91 Å². The van der Waals surface area contributed by atoms with Crippen LogP contribution in [0.2, 0.25) is 0 Å². The fraction of sp³-hybridized carbons (Fsp3) is 0.200. The first-order valence-corrected chi connectivity index (χ1v) is 12.1. The minimum Gasteiger partial charge on any atom is -0.497 e. The number of hydrogen-bond donors (Lipinski definition) is 2. The molecule has 34 heavy (non-hydrogen) atoms. The zero-order valence-electron chi connectivity index (χ0n) is 19.2. The average Bonchev–Trinajstić information content (AvgIpc) is 2.83. The number of ether oxygens (including phenoxy) is 1. The Morgan fingerprint density at radius 3 is 2.15 bits per heavy atom. The van der Waals surface area contributed by atoms with Gasteiger partial charge in [-0.3, -0.25) is 13.9 Å². The van der Waals surface area contributed by atoms with Crippen LogP contribution in [0.15, 0.2) is 83.8 Å². The lowest BCUT2D eigenvalue weighted by molar-refractivity contribution is -0.114. The first-order valence-electron chi connectivity index (χ1n) is 10.6. The van der Waals surface area contributed by atoms with E-state index in [1.165, 1.54) is 19.2 Å². The van der Waals surface area contributed by atoms with E-state index in [0.717, 1.165) is 4.31 Å². The van der Waals surface area contributed by atoms with Crippen LogP contribution in [-0.4, -0.2) is 39.9 Å². The minimum absolute atomic E-state index is 0.0512. The van der Waals surface area contributed by atoms with E-state index in [9.17, 15) is 18.0 Å². The van der Waals surface area contributed by atoms with Gasteiger partial charge in [-0.05, 0) is 62.4 Å². The lowest BCUT2D eigenvalue weighted by Crippen LogP contribution is -2.38. The van der Waals surface area contributed by atoms with Gasteiger partial charge in [0.25, 0.3) is 15.9 Å². The monoisotopic (exact) mass is 481 g/mol. The number of methoxy groups -OCH3 is 1. The summed E-state index contributed by atoms with van der Waals surface area (Å²) < 4.78 is 33.0. The predicted molar refractivity (Wildman–Crippen MR) is 132 cm³/mol. The molecule has 178 valence electrons. The van der Waals surface area contributed by atoms with Crippen molar-refractivity contribution < 1.29 is 22.7 Å². The second-order valence-electron chi connectivity index (χ2n) is 7.74. The topological polar surface area (TPSA) is 105 Å². The van der Waals surface area contributed by atoms with E-state index >= 15 is 0 Å². The van der Waals surface area contributed by atoms with Gasteiger partial charge in [-0.15, -0.1) is 0 Å². The smallest absolute Gasteiger partial charge is 0.264 e. The Hall–Kier alpha value is -3.85. The van der Waals surface area contributed by atoms with Crippen molar-refractivity contribution in [1.82, 2.24) is 5.32 Å². The maximum Gasteiger partial charge on any atom is 0.264 e. The molecule has 0 aromatic heterocycles. The van der Waals surface area contributed by atoms with Crippen molar-refractivity contribution in [1.29, 1.82) is 0 Å². The van der Waals surface area contributed by atoms with Crippen LogP contribution in [0.25, 0.3) is 0 Å². The summed E-state index contributed by atoms with van der Waals surface area (Å²) in [5.74, 6) is -0.384. The normalized spacial score (nSPS) is 11.1. The Labute approximate surface area is 199 Å². The largest absolute Gasteiger partial charge is 0.497 e. The van der Waals surface area contributed by atoms with Crippen LogP contribution >= 0.6 is 0 Å². The molecule has 0 radical (unpaired) electrons. The van der Waals surface area contributed by atoms with E-state index < -0.39 is 22.5 Å². The molecule has 0 saturated heterocycles. The van der Waals surface area contributed by atoms with Crippen LogP contribution in [0.4, 0.5) is 11.4 Å². The number of hydrogen-bond acceptors (Lipinski definition) is 5. The second-order valence-corrected chi connectivity index (χ2v) is 9.61. The van der Waals surface area contributed by atoms with Crippen LogP contribution < -0.4 is 19.7 Å². The number of rotatable bonds is 9. The van der Waals surface area contributed by atoms with Gasteiger partial charge in [-0.1, -0.05) is 30.3 Å². The number of anilines is 2. The van der Waals surface area contributed by atoms with Crippen LogP contribution in [0, 0.1) is 0 Å². The minimum atomic E-state index is -4.05. The molecule has 3 aromatic rings. The summed E-state index contributed by atoms with van der Waals surface area (Å²) in [4.78, 5) is 25.6. The van der Waals surface area contributed by atoms with E-state index in [1.807, 2.05) is 13.8 Å². The Morgan fingerprint density at radius 2 is 1.53 bits per heavy atom. The first-order chi connectivity index (χ1) is 16.2. The summed E-state index contributed by atoms with van der Waals surface area (Å²) in [6.45, 7) is 3.17. The maximum absolute atomic E-state index is 13.4. The zero-order chi connectivity index (χ0) is 24.7. The lowest BCUT2D eigenvalue weighted by Gasteiger charge is -2.24. The molecule has 9 heteroatoms. The molecule has 3 rings (SSSR count). The van der Waals surface area contributed by atoms with Crippen molar-refractivity contribution in [3.8, 4) is 5.75 Å². The highest BCUT2D eigenvalue weighted by atomic mass is 32.2. The third-order valence-corrected chi connectivity index (χ3v) is 6.63. The summed E-state index contributed by atoms with van der Waals surface area (Å²) in [7, 11) is -2.54. The van der Waals surface area contributed by atoms with E-state index in [4.69, 9.17) is 4.74 Å². The van der Waals surface area contributed by atoms with Gasteiger partial charge in [0, 0.05) is 6.04 Å². The van der Waals surface area contributed by atoms with Gasteiger partial charge < -0.3 is 15.4 Å². The van der Waals surface area contributed by atoms with Crippen molar-refractivity contribution in [3.05, 3.63) is 84.4 Å². The number of amides is 2. The highest BCUT2D eigenvalue weighted by molar-refractivity contribution is 7.92. The molecule has 0 aliphatic rings. The molecule has 0 aliphatic heterocycles. The number of benzene rings is 3. The molecule has 0 saturated carbocycles. The molecule has 0 spiro atoms. The van der Waals surface area contributed by atoms with Gasteiger partial charge in [0.1, 0.15) is 12.3 Å². The molecule has 8 nitrogen and oxygen atoms in total. The van der Waals surface area contributed by atoms with Gasteiger partial charge in [0.15, 0.2) is 0 Å². The molecule has 0 heterocycles. The maximum atomic E-state index is 13.4. The van der Waals surface area contributed by atoms with Crippen LogP contribution in [-0.2, 0) is 14.8 Å². The van der Waals surface area contributed by atoms with Crippen molar-refractivity contribution in [2.75, 3.05) is 23.3 Å². The summed E-state index contributed by atoms with van der Waals surface area (Å²) in [5, 5.41) is 5.47. The molecular formula is C25H27N3O5S. The number of sulfonamides is 1. The van der Waals surface area contributed by atoms with Crippen molar-refractivity contribution in [2.24, 2.45) is 0 Å². The fourth-order valence-electron chi connectivity index (χ4n) is 3.23. The predicted octanol–water partition coefficient (Wildman–Crippen LogP) is 3.67. The van der Waals surface area contributed by atoms with Gasteiger partial charge >= 0.3 is 0 Å². The molecule has 0 fully saturated rings. The molecule has 2 amide bonds. The van der Waals surface area contributed by atoms with Crippen molar-refractivity contribution in [2.45, 2.75) is 24.8 Å². The summed E-state index contributed by atoms with van der Waals surface area (Å²) >= 11 is 0. The molecule has 0 atom stereocenters. The van der Waals surface area contributed by atoms with Gasteiger partial charge in [-0.2, -0.15) is 0 Å². The molecule has 2 N–H and O–H groups in total. The molecule has 0 bridgehead atoms. The summed E-state index contributed by atoms with van der Waals surface area (Å²) in [6, 6.07) is 20.7. The Balaban J connectivity index is 1.92. The third kappa shape index (κ3) is 5.93. The highest BCUT2D eigenvalue weighted by Crippen LogP contribution is 2.26. The fourth-order valence-corrected chi connectivity index (χ4v) is 4.68. The van der Waals surface area contributed by atoms with E-state index in [2.05, 4.69) is 10.6 Å². The molecule has 3 aromatic carbocycles. The van der Waals surface area contributed by atoms with E-state index in [1.54, 1.807) is 66.7 Å². The van der Waals surface area contributed by atoms with Crippen LogP contribution in [0.1, 0.15) is 24.2 Å². The lowest BCUT2D eigenvalue weighted by atomic mass is 10.1. The quantitative estimate of drug-likeness (QED) is 0.485. The highest BCUT2D eigenvalue weighted by Gasteiger charge is 2.27. The third-order valence-electron chi connectivity index (χ3n) is 4.84. The van der Waals surface area contributed by atoms with E-state index in [-0.39, 0.29) is 28.1 Å². The number of para-hydroxylation sites is 1. The van der Waals surface area contributed by atoms with Crippen molar-refractivity contribution >= 4 is 33.2 Å². The SMILES string of the molecule is COc1ccc(N(CC(=O)Nc2ccccc2C(=O)NC(C)C)S(=O)(=O)c2ccccc2)cc1. The second kappa shape index (κ2) is 10.8. The van der Waals surface area contributed by atoms with Crippen LogP contribution in [0.5, 0.6) is 5.75 Å². The molecular weight excluding hydrogens is 454 g/mol. The standard InChI is InChI=1S/C25H27N3O5S/c1-18(2)26-25(30)22-11-7-8-12-23(22)27-24(29)17-28(19-13-15-20(33-3)16-14-19)34(31,32)21-9-5-4-6-10-21/h4-16,18H,17H2,1-3H3,(H,26,30)(H,27,29). The number of carbonyl (C=O) groups excluding carboxylic acids is 2.